The van der Waals surface area contributed by atoms with E-state index in [9.17, 15) is 0 Å². The monoisotopic (exact) mass is 188 g/mol. The van der Waals surface area contributed by atoms with Gasteiger partial charge in [-0.05, 0) is 24.3 Å². The van der Waals surface area contributed by atoms with Crippen molar-refractivity contribution in [3.63, 3.8) is 0 Å². The predicted molar refractivity (Wildman–Crippen MR) is 64.1 cm³/mol. The zero-order valence-corrected chi connectivity index (χ0v) is 9.29. The molecule has 0 nitrogen and oxygen atoms in total. The van der Waals surface area contributed by atoms with Crippen LogP contribution in [0.25, 0.3) is 0 Å². The van der Waals surface area contributed by atoms with Gasteiger partial charge < -0.3 is 0 Å². The first kappa shape index (κ1) is 11.0. The molecule has 0 saturated carbocycles. The normalized spacial score (nSPS) is 26.1. The molecular weight excluding hydrogens is 168 g/mol. The molecule has 0 aromatic rings. The molecule has 1 rings (SSSR count). The van der Waals surface area contributed by atoms with E-state index in [-0.39, 0.29) is 5.41 Å². The SMILES string of the molecule is C=CC1=CCC(C=C)(CC(C)C)C=C1. The van der Waals surface area contributed by atoms with Crippen LogP contribution in [0.4, 0.5) is 0 Å². The van der Waals surface area contributed by atoms with Gasteiger partial charge in [-0.1, -0.05) is 50.8 Å². The van der Waals surface area contributed by atoms with Crippen LogP contribution in [0, 0.1) is 11.3 Å². The van der Waals surface area contributed by atoms with Crippen molar-refractivity contribution in [2.45, 2.75) is 26.7 Å². The lowest BCUT2D eigenvalue weighted by Crippen LogP contribution is -2.18. The minimum atomic E-state index is 0.181. The lowest BCUT2D eigenvalue weighted by molar-refractivity contribution is 0.378. The maximum Gasteiger partial charge on any atom is 0.00988 e. The van der Waals surface area contributed by atoms with Gasteiger partial charge in [-0.25, -0.2) is 0 Å². The molecular formula is C14H20. The van der Waals surface area contributed by atoms with Crippen LogP contribution in [0.3, 0.4) is 0 Å². The Morgan fingerprint density at radius 2 is 2.21 bits per heavy atom. The zero-order valence-electron chi connectivity index (χ0n) is 9.29. The molecule has 0 saturated heterocycles. The molecule has 0 aromatic heterocycles. The van der Waals surface area contributed by atoms with Crippen LogP contribution >= 0.6 is 0 Å². The Hall–Kier alpha value is -1.04. The first-order valence-electron chi connectivity index (χ1n) is 5.27. The van der Waals surface area contributed by atoms with Gasteiger partial charge in [0.1, 0.15) is 0 Å². The van der Waals surface area contributed by atoms with Crippen molar-refractivity contribution in [2.24, 2.45) is 11.3 Å². The number of rotatable bonds is 4. The fourth-order valence-corrected chi connectivity index (χ4v) is 2.00. The van der Waals surface area contributed by atoms with E-state index >= 15 is 0 Å². The highest BCUT2D eigenvalue weighted by molar-refractivity contribution is 5.35. The summed E-state index contributed by atoms with van der Waals surface area (Å²) >= 11 is 0. The molecule has 1 aliphatic carbocycles. The molecule has 1 unspecified atom stereocenters. The van der Waals surface area contributed by atoms with Gasteiger partial charge in [-0.2, -0.15) is 0 Å². The molecule has 0 amide bonds. The largest absolute Gasteiger partial charge is 0.102 e. The van der Waals surface area contributed by atoms with Crippen molar-refractivity contribution in [3.05, 3.63) is 49.1 Å². The second-order valence-electron chi connectivity index (χ2n) is 4.48. The van der Waals surface area contributed by atoms with E-state index in [0.717, 1.165) is 6.42 Å². The number of hydrogen-bond donors (Lipinski definition) is 0. The third-order valence-corrected chi connectivity index (χ3v) is 2.76. The molecule has 0 aliphatic heterocycles. The lowest BCUT2D eigenvalue weighted by atomic mass is 9.74. The molecule has 1 aliphatic rings. The first-order chi connectivity index (χ1) is 6.62. The number of hydrogen-bond acceptors (Lipinski definition) is 0. The van der Waals surface area contributed by atoms with E-state index in [4.69, 9.17) is 0 Å². The Morgan fingerprint density at radius 1 is 1.50 bits per heavy atom. The van der Waals surface area contributed by atoms with Gasteiger partial charge in [0.05, 0.1) is 0 Å². The fraction of sp³-hybridized carbons (Fsp3) is 0.429. The van der Waals surface area contributed by atoms with Crippen LogP contribution in [-0.4, -0.2) is 0 Å². The summed E-state index contributed by atoms with van der Waals surface area (Å²) in [7, 11) is 0. The first-order valence-corrected chi connectivity index (χ1v) is 5.27. The molecule has 0 aromatic carbocycles. The minimum absolute atomic E-state index is 0.181. The van der Waals surface area contributed by atoms with E-state index in [0.29, 0.717) is 5.92 Å². The van der Waals surface area contributed by atoms with Crippen LogP contribution < -0.4 is 0 Å². The molecule has 1 atom stereocenters. The van der Waals surface area contributed by atoms with Crippen molar-refractivity contribution >= 4 is 0 Å². The summed E-state index contributed by atoms with van der Waals surface area (Å²) in [5.74, 6) is 0.705. The Bertz CT molecular complexity index is 278. The summed E-state index contributed by atoms with van der Waals surface area (Å²) < 4.78 is 0. The van der Waals surface area contributed by atoms with E-state index in [1.54, 1.807) is 0 Å². The second-order valence-corrected chi connectivity index (χ2v) is 4.48. The van der Waals surface area contributed by atoms with E-state index in [1.165, 1.54) is 12.0 Å². The molecule has 14 heavy (non-hydrogen) atoms. The van der Waals surface area contributed by atoms with Crippen molar-refractivity contribution in [1.82, 2.24) is 0 Å². The van der Waals surface area contributed by atoms with Gasteiger partial charge in [-0.3, -0.25) is 0 Å². The van der Waals surface area contributed by atoms with Crippen molar-refractivity contribution < 1.29 is 0 Å². The van der Waals surface area contributed by atoms with E-state index < -0.39 is 0 Å². The topological polar surface area (TPSA) is 0 Å². The molecule has 0 spiro atoms. The van der Waals surface area contributed by atoms with E-state index in [2.05, 4.69) is 51.3 Å². The van der Waals surface area contributed by atoms with E-state index in [1.807, 2.05) is 6.08 Å². The molecule has 76 valence electrons. The van der Waals surface area contributed by atoms with Gasteiger partial charge in [0.25, 0.3) is 0 Å². The lowest BCUT2D eigenvalue weighted by Gasteiger charge is -2.30. The average Bonchev–Trinajstić information content (AvgIpc) is 2.18. The fourth-order valence-electron chi connectivity index (χ4n) is 2.00. The maximum absolute atomic E-state index is 3.95. The highest BCUT2D eigenvalue weighted by atomic mass is 14.3. The molecule has 0 heteroatoms. The number of allylic oxidation sites excluding steroid dienone is 6. The van der Waals surface area contributed by atoms with Crippen LogP contribution in [0.2, 0.25) is 0 Å². The summed E-state index contributed by atoms with van der Waals surface area (Å²) in [5.41, 5.74) is 1.41. The highest BCUT2D eigenvalue weighted by Gasteiger charge is 2.25. The molecule has 0 heterocycles. The summed E-state index contributed by atoms with van der Waals surface area (Å²) in [6.45, 7) is 12.2. The molecule has 0 bridgehead atoms. The van der Waals surface area contributed by atoms with Gasteiger partial charge in [0.2, 0.25) is 0 Å². The zero-order chi connectivity index (χ0) is 10.6. The molecule has 0 fully saturated rings. The van der Waals surface area contributed by atoms with Gasteiger partial charge in [-0.15, -0.1) is 6.58 Å². The average molecular weight is 188 g/mol. The van der Waals surface area contributed by atoms with Crippen LogP contribution in [0.5, 0.6) is 0 Å². The van der Waals surface area contributed by atoms with Gasteiger partial charge >= 0.3 is 0 Å². The van der Waals surface area contributed by atoms with Crippen molar-refractivity contribution in [2.75, 3.05) is 0 Å². The van der Waals surface area contributed by atoms with Crippen molar-refractivity contribution in [3.8, 4) is 0 Å². The molecule has 0 N–H and O–H groups in total. The smallest absolute Gasteiger partial charge is 0.00988 e. The summed E-state index contributed by atoms with van der Waals surface area (Å²) in [6, 6.07) is 0. The maximum atomic E-state index is 3.95. The predicted octanol–water partition coefficient (Wildman–Crippen LogP) is 4.28. The Balaban J connectivity index is 2.77. The molecule has 0 radical (unpaired) electrons. The van der Waals surface area contributed by atoms with Crippen LogP contribution in [0.1, 0.15) is 26.7 Å². The Morgan fingerprint density at radius 3 is 2.57 bits per heavy atom. The summed E-state index contributed by atoms with van der Waals surface area (Å²) in [5, 5.41) is 0. The minimum Gasteiger partial charge on any atom is -0.102 e. The third kappa shape index (κ3) is 2.47. The van der Waals surface area contributed by atoms with Gasteiger partial charge in [0.15, 0.2) is 0 Å². The second kappa shape index (κ2) is 4.45. The van der Waals surface area contributed by atoms with Crippen molar-refractivity contribution in [1.29, 1.82) is 0 Å². The standard InChI is InChI=1S/C14H20/c1-5-13-7-9-14(6-2,10-8-13)11-12(3)4/h5-9,12H,1-2,10-11H2,3-4H3. The Kier molecular flexibility index (Phi) is 3.51. The highest BCUT2D eigenvalue weighted by Crippen LogP contribution is 2.37. The summed E-state index contributed by atoms with van der Waals surface area (Å²) in [4.78, 5) is 0. The summed E-state index contributed by atoms with van der Waals surface area (Å²) in [6.07, 6.45) is 12.9. The van der Waals surface area contributed by atoms with Gasteiger partial charge in [0, 0.05) is 5.41 Å². The van der Waals surface area contributed by atoms with Crippen LogP contribution in [0.15, 0.2) is 49.1 Å². The quantitative estimate of drug-likeness (QED) is 0.578. The third-order valence-electron chi connectivity index (χ3n) is 2.76. The Labute approximate surface area is 87.7 Å². The van der Waals surface area contributed by atoms with Crippen LogP contribution in [-0.2, 0) is 0 Å².